The van der Waals surface area contributed by atoms with Crippen molar-refractivity contribution < 1.29 is 14.4 Å². The zero-order valence-corrected chi connectivity index (χ0v) is 12.1. The summed E-state index contributed by atoms with van der Waals surface area (Å²) >= 11 is 0. The van der Waals surface area contributed by atoms with Crippen molar-refractivity contribution in [2.75, 3.05) is 26.2 Å². The van der Waals surface area contributed by atoms with E-state index in [4.69, 9.17) is 0 Å². The van der Waals surface area contributed by atoms with Crippen LogP contribution in [0.15, 0.2) is 0 Å². The van der Waals surface area contributed by atoms with Gasteiger partial charge in [0.1, 0.15) is 0 Å². The summed E-state index contributed by atoms with van der Waals surface area (Å²) in [6, 6.07) is -1.07. The number of amides is 4. The van der Waals surface area contributed by atoms with E-state index in [2.05, 4.69) is 16.0 Å². The summed E-state index contributed by atoms with van der Waals surface area (Å²) in [7, 11) is 0. The van der Waals surface area contributed by atoms with Crippen LogP contribution in [0.2, 0.25) is 0 Å². The SMILES string of the molecule is CCNC(=O)CN(CC)C(C)C(=O)NC(=O)NCC. The van der Waals surface area contributed by atoms with Gasteiger partial charge >= 0.3 is 6.03 Å². The van der Waals surface area contributed by atoms with Crippen molar-refractivity contribution >= 4 is 17.8 Å². The molecule has 0 aromatic heterocycles. The monoisotopic (exact) mass is 272 g/mol. The number of hydrogen-bond acceptors (Lipinski definition) is 4. The lowest BCUT2D eigenvalue weighted by molar-refractivity contribution is -0.127. The average molecular weight is 272 g/mol. The van der Waals surface area contributed by atoms with Gasteiger partial charge in [0.2, 0.25) is 11.8 Å². The van der Waals surface area contributed by atoms with Crippen molar-refractivity contribution in [3.63, 3.8) is 0 Å². The molecule has 0 aliphatic heterocycles. The van der Waals surface area contributed by atoms with Gasteiger partial charge in [-0.15, -0.1) is 0 Å². The molecule has 1 unspecified atom stereocenters. The van der Waals surface area contributed by atoms with Crippen LogP contribution in [0.1, 0.15) is 27.7 Å². The predicted molar refractivity (Wildman–Crippen MR) is 72.6 cm³/mol. The van der Waals surface area contributed by atoms with Gasteiger partial charge in [-0.3, -0.25) is 19.8 Å². The summed E-state index contributed by atoms with van der Waals surface area (Å²) in [6.45, 7) is 8.79. The number of carbonyl (C=O) groups is 3. The molecule has 0 aliphatic carbocycles. The van der Waals surface area contributed by atoms with Gasteiger partial charge in [0.05, 0.1) is 12.6 Å². The molecular weight excluding hydrogens is 248 g/mol. The number of hydrogen-bond donors (Lipinski definition) is 3. The molecule has 7 heteroatoms. The number of rotatable bonds is 7. The number of urea groups is 1. The van der Waals surface area contributed by atoms with E-state index in [1.165, 1.54) is 0 Å². The van der Waals surface area contributed by atoms with Gasteiger partial charge in [0, 0.05) is 13.1 Å². The summed E-state index contributed by atoms with van der Waals surface area (Å²) in [5.41, 5.74) is 0. The van der Waals surface area contributed by atoms with Crippen LogP contribution in [-0.4, -0.2) is 55.0 Å². The first-order valence-corrected chi connectivity index (χ1v) is 6.55. The maximum absolute atomic E-state index is 11.8. The molecule has 0 bridgehead atoms. The van der Waals surface area contributed by atoms with E-state index >= 15 is 0 Å². The molecule has 19 heavy (non-hydrogen) atoms. The van der Waals surface area contributed by atoms with Crippen LogP contribution in [0.25, 0.3) is 0 Å². The number of nitrogens with one attached hydrogen (secondary N) is 3. The van der Waals surface area contributed by atoms with Crippen molar-refractivity contribution in [3.8, 4) is 0 Å². The van der Waals surface area contributed by atoms with E-state index in [0.29, 0.717) is 19.6 Å². The van der Waals surface area contributed by atoms with Gasteiger partial charge in [-0.1, -0.05) is 6.92 Å². The first-order chi connectivity index (χ1) is 8.96. The molecule has 3 N–H and O–H groups in total. The first-order valence-electron chi connectivity index (χ1n) is 6.55. The Labute approximate surface area is 114 Å². The lowest BCUT2D eigenvalue weighted by Gasteiger charge is -2.25. The summed E-state index contributed by atoms with van der Waals surface area (Å²) in [5.74, 6) is -0.556. The summed E-state index contributed by atoms with van der Waals surface area (Å²) in [6.07, 6.45) is 0. The van der Waals surface area contributed by atoms with Crippen LogP contribution >= 0.6 is 0 Å². The highest BCUT2D eigenvalue weighted by atomic mass is 16.2. The molecule has 0 saturated carbocycles. The largest absolute Gasteiger partial charge is 0.355 e. The summed E-state index contributed by atoms with van der Waals surface area (Å²) < 4.78 is 0. The molecule has 0 rings (SSSR count). The molecule has 0 heterocycles. The quantitative estimate of drug-likeness (QED) is 0.592. The Kier molecular flexibility index (Phi) is 8.52. The van der Waals surface area contributed by atoms with Crippen molar-refractivity contribution in [1.82, 2.24) is 20.9 Å². The highest BCUT2D eigenvalue weighted by Crippen LogP contribution is 1.98. The van der Waals surface area contributed by atoms with Gasteiger partial charge in [-0.25, -0.2) is 4.79 Å². The topological polar surface area (TPSA) is 90.5 Å². The van der Waals surface area contributed by atoms with Crippen molar-refractivity contribution in [2.45, 2.75) is 33.7 Å². The minimum absolute atomic E-state index is 0.133. The van der Waals surface area contributed by atoms with E-state index in [-0.39, 0.29) is 12.5 Å². The fraction of sp³-hybridized carbons (Fsp3) is 0.750. The van der Waals surface area contributed by atoms with Crippen molar-refractivity contribution in [3.05, 3.63) is 0 Å². The molecule has 0 aromatic carbocycles. The third-order valence-corrected chi connectivity index (χ3v) is 2.63. The van der Waals surface area contributed by atoms with Gasteiger partial charge in [-0.2, -0.15) is 0 Å². The average Bonchev–Trinajstić information content (AvgIpc) is 2.35. The van der Waals surface area contributed by atoms with Crippen molar-refractivity contribution in [2.24, 2.45) is 0 Å². The Morgan fingerprint density at radius 3 is 2.11 bits per heavy atom. The lowest BCUT2D eigenvalue weighted by Crippen LogP contribution is -2.51. The minimum Gasteiger partial charge on any atom is -0.355 e. The van der Waals surface area contributed by atoms with Crippen LogP contribution in [0, 0.1) is 0 Å². The second kappa shape index (κ2) is 9.32. The van der Waals surface area contributed by atoms with Crippen LogP contribution in [0.4, 0.5) is 4.79 Å². The smallest absolute Gasteiger partial charge is 0.321 e. The van der Waals surface area contributed by atoms with E-state index in [1.807, 2.05) is 13.8 Å². The maximum Gasteiger partial charge on any atom is 0.321 e. The van der Waals surface area contributed by atoms with Crippen molar-refractivity contribution in [1.29, 1.82) is 0 Å². The second-order valence-electron chi connectivity index (χ2n) is 4.04. The molecular formula is C12H24N4O3. The lowest BCUT2D eigenvalue weighted by atomic mass is 10.2. The number of nitrogens with zero attached hydrogens (tertiary/aromatic N) is 1. The van der Waals surface area contributed by atoms with Gasteiger partial charge < -0.3 is 10.6 Å². The molecule has 4 amide bonds. The highest BCUT2D eigenvalue weighted by Gasteiger charge is 2.23. The predicted octanol–water partition coefficient (Wildman–Crippen LogP) is -0.321. The Bertz CT molecular complexity index is 320. The Balaban J connectivity index is 4.40. The molecule has 0 aromatic rings. The molecule has 0 radical (unpaired) electrons. The number of carbonyl (C=O) groups excluding carboxylic acids is 3. The van der Waals surface area contributed by atoms with Gasteiger partial charge in [0.15, 0.2) is 0 Å². The standard InChI is InChI=1S/C12H24N4O3/c1-5-13-10(17)8-16(7-3)9(4)11(18)15-12(19)14-6-2/h9H,5-8H2,1-4H3,(H,13,17)(H2,14,15,18,19). The zero-order chi connectivity index (χ0) is 14.8. The molecule has 0 aliphatic rings. The highest BCUT2D eigenvalue weighted by molar-refractivity contribution is 5.97. The molecule has 7 nitrogen and oxygen atoms in total. The minimum atomic E-state index is -0.546. The number of likely N-dealkylation sites (N-methyl/N-ethyl adjacent to an activating group) is 2. The van der Waals surface area contributed by atoms with Crippen LogP contribution in [-0.2, 0) is 9.59 Å². The van der Waals surface area contributed by atoms with E-state index in [9.17, 15) is 14.4 Å². The summed E-state index contributed by atoms with van der Waals surface area (Å²) in [4.78, 5) is 36.3. The molecule has 1 atom stereocenters. The molecule has 110 valence electrons. The third-order valence-electron chi connectivity index (χ3n) is 2.63. The first kappa shape index (κ1) is 17.4. The number of imide groups is 1. The fourth-order valence-electron chi connectivity index (χ4n) is 1.55. The Hall–Kier alpha value is -1.63. The second-order valence-corrected chi connectivity index (χ2v) is 4.04. The third kappa shape index (κ3) is 6.76. The van der Waals surface area contributed by atoms with Crippen LogP contribution < -0.4 is 16.0 Å². The molecule has 0 fully saturated rings. The Morgan fingerprint density at radius 2 is 1.63 bits per heavy atom. The van der Waals surface area contributed by atoms with Crippen LogP contribution in [0.5, 0.6) is 0 Å². The van der Waals surface area contributed by atoms with Gasteiger partial charge in [0.25, 0.3) is 0 Å². The van der Waals surface area contributed by atoms with Crippen LogP contribution in [0.3, 0.4) is 0 Å². The molecule has 0 spiro atoms. The van der Waals surface area contributed by atoms with E-state index in [0.717, 1.165) is 0 Å². The maximum atomic E-state index is 11.8. The zero-order valence-electron chi connectivity index (χ0n) is 12.1. The van der Waals surface area contributed by atoms with E-state index in [1.54, 1.807) is 18.7 Å². The normalized spacial score (nSPS) is 11.8. The molecule has 0 saturated heterocycles. The Morgan fingerprint density at radius 1 is 1.05 bits per heavy atom. The van der Waals surface area contributed by atoms with Gasteiger partial charge in [-0.05, 0) is 27.3 Å². The fourth-order valence-corrected chi connectivity index (χ4v) is 1.55. The summed E-state index contributed by atoms with van der Waals surface area (Å²) in [5, 5.41) is 7.39. The van der Waals surface area contributed by atoms with E-state index < -0.39 is 18.0 Å².